The maximum atomic E-state index is 12.3. The van der Waals surface area contributed by atoms with E-state index in [4.69, 9.17) is 4.74 Å². The van der Waals surface area contributed by atoms with E-state index in [1.807, 2.05) is 13.8 Å². The number of ketones is 1. The number of methoxy groups -OCH3 is 1. The van der Waals surface area contributed by atoms with E-state index in [2.05, 4.69) is 5.32 Å². The van der Waals surface area contributed by atoms with Crippen LogP contribution in [0.2, 0.25) is 0 Å². The fourth-order valence-electron chi connectivity index (χ4n) is 2.09. The lowest BCUT2D eigenvalue weighted by Crippen LogP contribution is -2.14. The maximum Gasteiger partial charge on any atom is 0.341 e. The first kappa shape index (κ1) is 16.9. The number of hydrogen-bond acceptors (Lipinski definition) is 5. The summed E-state index contributed by atoms with van der Waals surface area (Å²) in [6.07, 6.45) is 0. The van der Waals surface area contributed by atoms with Crippen LogP contribution in [0.25, 0.3) is 0 Å². The molecule has 1 amide bonds. The Labute approximate surface area is 138 Å². The molecule has 0 fully saturated rings. The number of aryl methyl sites for hydroxylation is 1. The summed E-state index contributed by atoms with van der Waals surface area (Å²) in [6.45, 7) is 5.16. The first-order valence-corrected chi connectivity index (χ1v) is 7.77. The zero-order valence-electron chi connectivity index (χ0n) is 13.4. The Morgan fingerprint density at radius 3 is 2.13 bits per heavy atom. The molecule has 2 rings (SSSR count). The van der Waals surface area contributed by atoms with Crippen LogP contribution in [0.1, 0.15) is 48.4 Å². The van der Waals surface area contributed by atoms with Gasteiger partial charge in [0.1, 0.15) is 5.00 Å². The molecule has 1 heterocycles. The van der Waals surface area contributed by atoms with E-state index >= 15 is 0 Å². The van der Waals surface area contributed by atoms with Gasteiger partial charge in [-0.2, -0.15) is 0 Å². The predicted molar refractivity (Wildman–Crippen MR) is 89.5 cm³/mol. The summed E-state index contributed by atoms with van der Waals surface area (Å²) in [5.74, 6) is -0.880. The van der Waals surface area contributed by atoms with Crippen molar-refractivity contribution in [3.8, 4) is 0 Å². The van der Waals surface area contributed by atoms with Crippen LogP contribution >= 0.6 is 11.3 Å². The Kier molecular flexibility index (Phi) is 4.95. The molecule has 0 aliphatic carbocycles. The van der Waals surface area contributed by atoms with E-state index < -0.39 is 5.97 Å². The van der Waals surface area contributed by atoms with E-state index in [9.17, 15) is 14.4 Å². The average Bonchev–Trinajstić information content (AvgIpc) is 2.81. The summed E-state index contributed by atoms with van der Waals surface area (Å²) in [5.41, 5.74) is 2.13. The predicted octanol–water partition coefficient (Wildman–Crippen LogP) is 3.61. The summed E-state index contributed by atoms with van der Waals surface area (Å²) in [7, 11) is 1.31. The molecule has 2 aromatic rings. The van der Waals surface area contributed by atoms with Crippen LogP contribution in [-0.2, 0) is 4.74 Å². The van der Waals surface area contributed by atoms with Crippen molar-refractivity contribution in [2.45, 2.75) is 20.8 Å². The van der Waals surface area contributed by atoms with Gasteiger partial charge >= 0.3 is 5.97 Å². The minimum absolute atomic E-state index is 0.0607. The normalized spacial score (nSPS) is 10.3. The number of rotatable bonds is 4. The minimum Gasteiger partial charge on any atom is -0.465 e. The summed E-state index contributed by atoms with van der Waals surface area (Å²) >= 11 is 1.33. The number of thiophene rings is 1. The van der Waals surface area contributed by atoms with E-state index in [1.165, 1.54) is 25.4 Å². The van der Waals surface area contributed by atoms with E-state index in [0.717, 1.165) is 10.4 Å². The Morgan fingerprint density at radius 1 is 1.04 bits per heavy atom. The van der Waals surface area contributed by atoms with Crippen LogP contribution in [0.5, 0.6) is 0 Å². The highest BCUT2D eigenvalue weighted by molar-refractivity contribution is 7.16. The van der Waals surface area contributed by atoms with Crippen LogP contribution in [0.15, 0.2) is 24.3 Å². The fraction of sp³-hybridized carbons (Fsp3) is 0.235. The third-order valence-electron chi connectivity index (χ3n) is 3.56. The van der Waals surface area contributed by atoms with Gasteiger partial charge in [-0.15, -0.1) is 11.3 Å². The van der Waals surface area contributed by atoms with Crippen molar-refractivity contribution in [1.29, 1.82) is 0 Å². The number of benzene rings is 1. The van der Waals surface area contributed by atoms with Gasteiger partial charge in [0.2, 0.25) is 0 Å². The second-order valence-electron chi connectivity index (χ2n) is 5.07. The topological polar surface area (TPSA) is 72.5 Å². The molecule has 0 spiro atoms. The van der Waals surface area contributed by atoms with Crippen LogP contribution in [0, 0.1) is 13.8 Å². The monoisotopic (exact) mass is 331 g/mol. The summed E-state index contributed by atoms with van der Waals surface area (Å²) in [6, 6.07) is 6.36. The van der Waals surface area contributed by atoms with E-state index in [0.29, 0.717) is 21.7 Å². The van der Waals surface area contributed by atoms with Gasteiger partial charge < -0.3 is 10.1 Å². The Bertz CT molecular complexity index is 775. The molecule has 0 aliphatic heterocycles. The fourth-order valence-corrected chi connectivity index (χ4v) is 3.14. The number of Topliss-reactive ketones (excluding diaryl/α,β-unsaturated/α-hetero) is 1. The standard InChI is InChI=1S/C17H17NO4S/c1-9-11(3)23-16(14(9)17(21)22-4)18-15(20)13-7-5-12(6-8-13)10(2)19/h5-8H,1-4H3,(H,18,20). The molecule has 23 heavy (non-hydrogen) atoms. The molecule has 6 heteroatoms. The van der Waals surface area contributed by atoms with Gasteiger partial charge in [-0.25, -0.2) is 4.79 Å². The summed E-state index contributed by atoms with van der Waals surface area (Å²) in [5, 5.41) is 3.21. The van der Waals surface area contributed by atoms with Gasteiger partial charge in [0, 0.05) is 16.0 Å². The quantitative estimate of drug-likeness (QED) is 0.686. The number of anilines is 1. The Morgan fingerprint density at radius 2 is 1.61 bits per heavy atom. The van der Waals surface area contributed by atoms with Gasteiger partial charge in [-0.3, -0.25) is 9.59 Å². The molecule has 0 saturated heterocycles. The average molecular weight is 331 g/mol. The molecule has 0 radical (unpaired) electrons. The first-order valence-electron chi connectivity index (χ1n) is 6.95. The minimum atomic E-state index is -0.478. The highest BCUT2D eigenvalue weighted by Gasteiger charge is 2.22. The lowest BCUT2D eigenvalue weighted by molar-refractivity contribution is 0.0601. The molecule has 0 saturated carbocycles. The summed E-state index contributed by atoms with van der Waals surface area (Å²) in [4.78, 5) is 36.4. The molecule has 1 aromatic heterocycles. The number of esters is 1. The van der Waals surface area contributed by atoms with Crippen molar-refractivity contribution in [2.75, 3.05) is 12.4 Å². The molecule has 1 aromatic carbocycles. The van der Waals surface area contributed by atoms with Gasteiger partial charge in [0.05, 0.1) is 12.7 Å². The molecule has 5 nitrogen and oxygen atoms in total. The first-order chi connectivity index (χ1) is 10.8. The van der Waals surface area contributed by atoms with Gasteiger partial charge in [-0.1, -0.05) is 12.1 Å². The second-order valence-corrected chi connectivity index (χ2v) is 6.29. The number of hydrogen-bond donors (Lipinski definition) is 1. The lowest BCUT2D eigenvalue weighted by Gasteiger charge is -2.06. The highest BCUT2D eigenvalue weighted by Crippen LogP contribution is 2.33. The van der Waals surface area contributed by atoms with Gasteiger partial charge in [0.15, 0.2) is 5.78 Å². The Hall–Kier alpha value is -2.47. The number of amides is 1. The number of nitrogens with one attached hydrogen (secondary N) is 1. The largest absolute Gasteiger partial charge is 0.465 e. The zero-order valence-corrected chi connectivity index (χ0v) is 14.2. The lowest BCUT2D eigenvalue weighted by atomic mass is 10.1. The van der Waals surface area contributed by atoms with E-state index in [-0.39, 0.29) is 11.7 Å². The molecule has 0 unspecified atom stereocenters. The van der Waals surface area contributed by atoms with Crippen LogP contribution < -0.4 is 5.32 Å². The van der Waals surface area contributed by atoms with Crippen molar-refractivity contribution in [1.82, 2.24) is 0 Å². The third-order valence-corrected chi connectivity index (χ3v) is 4.68. The van der Waals surface area contributed by atoms with Crippen molar-refractivity contribution >= 4 is 34.0 Å². The van der Waals surface area contributed by atoms with Crippen molar-refractivity contribution in [3.63, 3.8) is 0 Å². The number of ether oxygens (including phenoxy) is 1. The van der Waals surface area contributed by atoms with E-state index in [1.54, 1.807) is 24.3 Å². The van der Waals surface area contributed by atoms with Crippen LogP contribution in [0.4, 0.5) is 5.00 Å². The molecule has 0 bridgehead atoms. The molecular formula is C17H17NO4S. The molecular weight excluding hydrogens is 314 g/mol. The maximum absolute atomic E-state index is 12.3. The number of carbonyl (C=O) groups is 3. The van der Waals surface area contributed by atoms with Gasteiger partial charge in [0.25, 0.3) is 5.91 Å². The number of carbonyl (C=O) groups excluding carboxylic acids is 3. The zero-order chi connectivity index (χ0) is 17.1. The van der Waals surface area contributed by atoms with Crippen LogP contribution in [0.3, 0.4) is 0 Å². The Balaban J connectivity index is 2.28. The second kappa shape index (κ2) is 6.75. The summed E-state index contributed by atoms with van der Waals surface area (Å²) < 4.78 is 4.78. The highest BCUT2D eigenvalue weighted by atomic mass is 32.1. The molecule has 0 aliphatic rings. The third kappa shape index (κ3) is 3.48. The molecule has 120 valence electrons. The van der Waals surface area contributed by atoms with Crippen molar-refractivity contribution in [3.05, 3.63) is 51.4 Å². The van der Waals surface area contributed by atoms with Crippen LogP contribution in [-0.4, -0.2) is 24.8 Å². The smallest absolute Gasteiger partial charge is 0.341 e. The molecule has 1 N–H and O–H groups in total. The van der Waals surface area contributed by atoms with Gasteiger partial charge in [-0.05, 0) is 38.5 Å². The SMILES string of the molecule is COC(=O)c1c(NC(=O)c2ccc(C(C)=O)cc2)sc(C)c1C. The van der Waals surface area contributed by atoms with Crippen molar-refractivity contribution in [2.24, 2.45) is 0 Å². The van der Waals surface area contributed by atoms with Crippen molar-refractivity contribution < 1.29 is 19.1 Å². The molecule has 0 atom stereocenters.